The molecule has 0 aliphatic heterocycles. The summed E-state index contributed by atoms with van der Waals surface area (Å²) in [4.78, 5) is 11.7. The zero-order chi connectivity index (χ0) is 14.4. The van der Waals surface area contributed by atoms with Crippen molar-refractivity contribution in [2.75, 3.05) is 13.7 Å². The molecule has 3 nitrogen and oxygen atoms in total. The Morgan fingerprint density at radius 3 is 2.70 bits per heavy atom. The molecular weight excluding hydrogens is 252 g/mol. The number of hydrogen-bond acceptors (Lipinski definition) is 3. The van der Waals surface area contributed by atoms with Gasteiger partial charge in [0, 0.05) is 0 Å². The summed E-state index contributed by atoms with van der Waals surface area (Å²) in [5, 5.41) is 0. The monoisotopic (exact) mass is 276 g/mol. The molecule has 0 bridgehead atoms. The molecule has 1 fully saturated rings. The van der Waals surface area contributed by atoms with Gasteiger partial charge in [-0.3, -0.25) is 0 Å². The first-order chi connectivity index (χ1) is 9.72. The minimum Gasteiger partial charge on any atom is -0.492 e. The van der Waals surface area contributed by atoms with Crippen LogP contribution in [-0.2, 0) is 4.74 Å². The van der Waals surface area contributed by atoms with Crippen LogP contribution in [0.25, 0.3) is 0 Å². The van der Waals surface area contributed by atoms with Crippen molar-refractivity contribution in [3.8, 4) is 5.75 Å². The molecule has 1 aromatic carbocycles. The van der Waals surface area contributed by atoms with Gasteiger partial charge >= 0.3 is 5.97 Å². The van der Waals surface area contributed by atoms with Crippen LogP contribution in [-0.4, -0.2) is 19.7 Å². The molecule has 0 N–H and O–H groups in total. The predicted molar refractivity (Wildman–Crippen MR) is 79.2 cm³/mol. The maximum Gasteiger partial charge on any atom is 0.341 e. The maximum atomic E-state index is 11.7. The minimum atomic E-state index is -0.332. The zero-order valence-electron chi connectivity index (χ0n) is 12.5. The number of carbonyl (C=O) groups is 1. The van der Waals surface area contributed by atoms with Gasteiger partial charge in [0.25, 0.3) is 0 Å². The van der Waals surface area contributed by atoms with Crippen LogP contribution >= 0.6 is 0 Å². The summed E-state index contributed by atoms with van der Waals surface area (Å²) >= 11 is 0. The van der Waals surface area contributed by atoms with Gasteiger partial charge in [-0.25, -0.2) is 4.79 Å². The van der Waals surface area contributed by atoms with Gasteiger partial charge in [-0.05, 0) is 30.9 Å². The third-order valence-electron chi connectivity index (χ3n) is 4.11. The van der Waals surface area contributed by atoms with E-state index in [1.807, 2.05) is 19.1 Å². The van der Waals surface area contributed by atoms with Crippen LogP contribution in [0.1, 0.15) is 54.4 Å². The standard InChI is InChI=1S/C17H24O3/c1-13-7-6-10-15(17(18)19-2)16(13)20-12-11-14-8-4-3-5-9-14/h6-7,10,14H,3-5,8-9,11-12H2,1-2H3. The average molecular weight is 276 g/mol. The predicted octanol–water partition coefficient (Wildman–Crippen LogP) is 4.13. The first-order valence-electron chi connectivity index (χ1n) is 7.53. The highest BCUT2D eigenvalue weighted by Crippen LogP contribution is 2.28. The Labute approximate surface area is 121 Å². The summed E-state index contributed by atoms with van der Waals surface area (Å²) in [6.45, 7) is 2.64. The lowest BCUT2D eigenvalue weighted by Gasteiger charge is -2.22. The molecule has 1 aromatic rings. The Balaban J connectivity index is 1.95. The van der Waals surface area contributed by atoms with Gasteiger partial charge < -0.3 is 9.47 Å². The molecule has 0 aromatic heterocycles. The minimum absolute atomic E-state index is 0.332. The van der Waals surface area contributed by atoms with Crippen molar-refractivity contribution in [2.45, 2.75) is 45.4 Å². The van der Waals surface area contributed by atoms with Gasteiger partial charge in [0.2, 0.25) is 0 Å². The third kappa shape index (κ3) is 3.75. The second-order valence-electron chi connectivity index (χ2n) is 5.58. The van der Waals surface area contributed by atoms with Crippen LogP contribution in [0.5, 0.6) is 5.75 Å². The van der Waals surface area contributed by atoms with Crippen molar-refractivity contribution in [3.05, 3.63) is 29.3 Å². The number of carbonyl (C=O) groups excluding carboxylic acids is 1. The third-order valence-corrected chi connectivity index (χ3v) is 4.11. The molecule has 1 aliphatic carbocycles. The van der Waals surface area contributed by atoms with Crippen molar-refractivity contribution in [2.24, 2.45) is 5.92 Å². The molecule has 110 valence electrons. The molecule has 0 amide bonds. The van der Waals surface area contributed by atoms with E-state index in [9.17, 15) is 4.79 Å². The number of rotatable bonds is 5. The Kier molecular flexibility index (Phi) is 5.45. The van der Waals surface area contributed by atoms with Gasteiger partial charge in [-0.1, -0.05) is 44.2 Å². The lowest BCUT2D eigenvalue weighted by molar-refractivity contribution is 0.0595. The van der Waals surface area contributed by atoms with E-state index in [0.29, 0.717) is 17.9 Å². The Bertz CT molecular complexity index is 448. The van der Waals surface area contributed by atoms with Crippen molar-refractivity contribution in [1.82, 2.24) is 0 Å². The van der Waals surface area contributed by atoms with E-state index >= 15 is 0 Å². The van der Waals surface area contributed by atoms with Gasteiger partial charge in [-0.15, -0.1) is 0 Å². The van der Waals surface area contributed by atoms with E-state index in [2.05, 4.69) is 0 Å². The van der Waals surface area contributed by atoms with Crippen LogP contribution < -0.4 is 4.74 Å². The van der Waals surface area contributed by atoms with E-state index < -0.39 is 0 Å². The first-order valence-corrected chi connectivity index (χ1v) is 7.53. The van der Waals surface area contributed by atoms with E-state index in [4.69, 9.17) is 9.47 Å². The highest BCUT2D eigenvalue weighted by Gasteiger charge is 2.17. The molecule has 0 unspecified atom stereocenters. The topological polar surface area (TPSA) is 35.5 Å². The van der Waals surface area contributed by atoms with Crippen LogP contribution in [0.15, 0.2) is 18.2 Å². The van der Waals surface area contributed by atoms with E-state index in [-0.39, 0.29) is 5.97 Å². The molecule has 0 saturated heterocycles. The average Bonchev–Trinajstić information content (AvgIpc) is 2.49. The molecule has 0 radical (unpaired) electrons. The number of hydrogen-bond donors (Lipinski definition) is 0. The van der Waals surface area contributed by atoms with Gasteiger partial charge in [0.15, 0.2) is 0 Å². The number of esters is 1. The normalized spacial score (nSPS) is 15.9. The summed E-state index contributed by atoms with van der Waals surface area (Å²) in [5.41, 5.74) is 1.51. The molecule has 2 rings (SSSR count). The molecule has 0 heterocycles. The highest BCUT2D eigenvalue weighted by atomic mass is 16.5. The van der Waals surface area contributed by atoms with Crippen molar-refractivity contribution in [1.29, 1.82) is 0 Å². The van der Waals surface area contributed by atoms with Gasteiger partial charge in [0.1, 0.15) is 11.3 Å². The summed E-state index contributed by atoms with van der Waals surface area (Å²) in [6, 6.07) is 5.58. The summed E-state index contributed by atoms with van der Waals surface area (Å²) < 4.78 is 10.7. The maximum absolute atomic E-state index is 11.7. The van der Waals surface area contributed by atoms with E-state index in [1.165, 1.54) is 39.2 Å². The molecule has 3 heteroatoms. The number of aryl methyl sites for hydroxylation is 1. The number of benzene rings is 1. The quantitative estimate of drug-likeness (QED) is 0.758. The highest BCUT2D eigenvalue weighted by molar-refractivity contribution is 5.92. The lowest BCUT2D eigenvalue weighted by Crippen LogP contribution is -2.13. The second-order valence-corrected chi connectivity index (χ2v) is 5.58. The molecule has 1 saturated carbocycles. The summed E-state index contributed by atoms with van der Waals surface area (Å²) in [6.07, 6.45) is 7.80. The Hall–Kier alpha value is -1.51. The van der Waals surface area contributed by atoms with Crippen LogP contribution in [0.2, 0.25) is 0 Å². The molecule has 1 aliphatic rings. The molecule has 0 atom stereocenters. The first kappa shape index (κ1) is 14.9. The van der Waals surface area contributed by atoms with E-state index in [1.54, 1.807) is 6.07 Å². The molecule has 20 heavy (non-hydrogen) atoms. The van der Waals surface area contributed by atoms with Crippen molar-refractivity contribution >= 4 is 5.97 Å². The fourth-order valence-electron chi connectivity index (χ4n) is 2.92. The fourth-order valence-corrected chi connectivity index (χ4v) is 2.92. The smallest absolute Gasteiger partial charge is 0.341 e. The zero-order valence-corrected chi connectivity index (χ0v) is 12.5. The van der Waals surface area contributed by atoms with E-state index in [0.717, 1.165) is 17.9 Å². The van der Waals surface area contributed by atoms with Crippen LogP contribution in [0, 0.1) is 12.8 Å². The lowest BCUT2D eigenvalue weighted by atomic mass is 9.87. The van der Waals surface area contributed by atoms with Crippen molar-refractivity contribution < 1.29 is 14.3 Å². The van der Waals surface area contributed by atoms with Gasteiger partial charge in [-0.2, -0.15) is 0 Å². The Morgan fingerprint density at radius 1 is 1.25 bits per heavy atom. The largest absolute Gasteiger partial charge is 0.492 e. The Morgan fingerprint density at radius 2 is 2.00 bits per heavy atom. The van der Waals surface area contributed by atoms with Crippen molar-refractivity contribution in [3.63, 3.8) is 0 Å². The number of ether oxygens (including phenoxy) is 2. The second kappa shape index (κ2) is 7.32. The summed E-state index contributed by atoms with van der Waals surface area (Å²) in [7, 11) is 1.40. The molecule has 0 spiro atoms. The summed E-state index contributed by atoms with van der Waals surface area (Å²) in [5.74, 6) is 1.13. The SMILES string of the molecule is COC(=O)c1cccc(C)c1OCCC1CCCCC1. The fraction of sp³-hybridized carbons (Fsp3) is 0.588. The number of para-hydroxylation sites is 1. The molecular formula is C17H24O3. The van der Waals surface area contributed by atoms with Gasteiger partial charge in [0.05, 0.1) is 13.7 Å². The van der Waals surface area contributed by atoms with Crippen LogP contribution in [0.4, 0.5) is 0 Å². The van der Waals surface area contributed by atoms with Crippen LogP contribution in [0.3, 0.4) is 0 Å². The number of methoxy groups -OCH3 is 1.